The Balaban J connectivity index is 2.00. The summed E-state index contributed by atoms with van der Waals surface area (Å²) < 4.78 is 5.71. The van der Waals surface area contributed by atoms with Crippen LogP contribution in [-0.2, 0) is 0 Å². The van der Waals surface area contributed by atoms with Gasteiger partial charge in [0.15, 0.2) is 5.11 Å². The molecule has 0 heterocycles. The van der Waals surface area contributed by atoms with Gasteiger partial charge in [0.05, 0.1) is 17.4 Å². The first-order valence-electron chi connectivity index (χ1n) is 9.31. The molecule has 1 atom stereocenters. The molecule has 2 aromatic rings. The van der Waals surface area contributed by atoms with Crippen molar-refractivity contribution in [2.75, 3.05) is 11.9 Å². The molecule has 0 bridgehead atoms. The Hall–Kier alpha value is -3.19. The first kappa shape index (κ1) is 22.1. The molecule has 152 valence electrons. The highest BCUT2D eigenvalue weighted by atomic mass is 32.1. The Morgan fingerprint density at radius 1 is 1.14 bits per heavy atom. The van der Waals surface area contributed by atoms with Crippen LogP contribution < -0.4 is 20.7 Å². The summed E-state index contributed by atoms with van der Waals surface area (Å²) in [5, 5.41) is 8.33. The fraction of sp³-hybridized carbons (Fsp3) is 0.227. The molecule has 7 heteroatoms. The van der Waals surface area contributed by atoms with E-state index in [0.717, 1.165) is 6.42 Å². The number of amides is 2. The van der Waals surface area contributed by atoms with Gasteiger partial charge in [0.2, 0.25) is 0 Å². The highest BCUT2D eigenvalue weighted by molar-refractivity contribution is 7.80. The normalized spacial score (nSPS) is 11.1. The smallest absolute Gasteiger partial charge is 0.257 e. The van der Waals surface area contributed by atoms with Crippen LogP contribution in [0.5, 0.6) is 5.75 Å². The third kappa shape index (κ3) is 6.73. The third-order valence-electron chi connectivity index (χ3n) is 4.08. The first-order chi connectivity index (χ1) is 13.9. The van der Waals surface area contributed by atoms with Crippen LogP contribution in [0.4, 0.5) is 5.69 Å². The molecule has 0 aliphatic heterocycles. The molecule has 0 spiro atoms. The lowest BCUT2D eigenvalue weighted by atomic mass is 10.1. The van der Waals surface area contributed by atoms with E-state index in [-0.39, 0.29) is 23.0 Å². The topological polar surface area (TPSA) is 79.5 Å². The van der Waals surface area contributed by atoms with Crippen LogP contribution in [0.2, 0.25) is 0 Å². The van der Waals surface area contributed by atoms with Crippen LogP contribution >= 0.6 is 12.2 Å². The molecule has 0 aliphatic carbocycles. The second kappa shape index (κ2) is 11.0. The van der Waals surface area contributed by atoms with Gasteiger partial charge in [0.25, 0.3) is 11.8 Å². The van der Waals surface area contributed by atoms with Gasteiger partial charge in [0.1, 0.15) is 5.75 Å². The van der Waals surface area contributed by atoms with Crippen LogP contribution in [0.25, 0.3) is 0 Å². The maximum absolute atomic E-state index is 12.4. The van der Waals surface area contributed by atoms with E-state index in [4.69, 9.17) is 17.0 Å². The number of anilines is 1. The zero-order valence-corrected chi connectivity index (χ0v) is 17.3. The van der Waals surface area contributed by atoms with E-state index in [2.05, 4.69) is 22.5 Å². The summed E-state index contributed by atoms with van der Waals surface area (Å²) in [5.74, 6) is 0.0845. The molecule has 0 aliphatic rings. The van der Waals surface area contributed by atoms with E-state index < -0.39 is 0 Å². The van der Waals surface area contributed by atoms with Crippen LogP contribution in [0, 0.1) is 0 Å². The summed E-state index contributed by atoms with van der Waals surface area (Å²) >= 11 is 5.23. The van der Waals surface area contributed by atoms with Crippen molar-refractivity contribution in [3.8, 4) is 5.75 Å². The molecule has 0 aromatic heterocycles. The summed E-state index contributed by atoms with van der Waals surface area (Å²) in [6.45, 7) is 7.96. The number of thiocarbonyl (C=S) groups is 1. The number of hydrogen-bond donors (Lipinski definition) is 3. The molecule has 1 unspecified atom stereocenters. The molecule has 2 aromatic carbocycles. The number of ether oxygens (including phenoxy) is 1. The fourth-order valence-corrected chi connectivity index (χ4v) is 2.58. The summed E-state index contributed by atoms with van der Waals surface area (Å²) in [6, 6.07) is 13.7. The predicted octanol–water partition coefficient (Wildman–Crippen LogP) is 3.91. The van der Waals surface area contributed by atoms with E-state index in [9.17, 15) is 9.59 Å². The monoisotopic (exact) mass is 411 g/mol. The number of benzene rings is 2. The number of rotatable bonds is 8. The SMILES string of the molecule is C=CCNC(=O)c1ccccc1NC(=S)NC(=O)c1ccc(OC(C)CC)cc1. The lowest BCUT2D eigenvalue weighted by Crippen LogP contribution is -2.35. The van der Waals surface area contributed by atoms with Gasteiger partial charge in [-0.2, -0.15) is 0 Å². The molecule has 29 heavy (non-hydrogen) atoms. The standard InChI is InChI=1S/C22H25N3O3S/c1-4-14-23-21(27)18-8-6-7-9-19(18)24-22(29)25-20(26)16-10-12-17(13-11-16)28-15(3)5-2/h4,6-13,15H,1,5,14H2,2-3H3,(H,23,27)(H2,24,25,26,29). The molecule has 0 saturated carbocycles. The molecule has 3 N–H and O–H groups in total. The van der Waals surface area contributed by atoms with Gasteiger partial charge in [-0.3, -0.25) is 14.9 Å². The molecule has 0 radical (unpaired) electrons. The second-order valence-corrected chi connectivity index (χ2v) is 6.72. The average Bonchev–Trinajstić information content (AvgIpc) is 2.72. The van der Waals surface area contributed by atoms with E-state index in [1.807, 2.05) is 13.8 Å². The number of hydrogen-bond acceptors (Lipinski definition) is 4. The molecule has 2 rings (SSSR count). The third-order valence-corrected chi connectivity index (χ3v) is 4.29. The number of carbonyl (C=O) groups excluding carboxylic acids is 2. The van der Waals surface area contributed by atoms with Crippen molar-refractivity contribution < 1.29 is 14.3 Å². The minimum absolute atomic E-state index is 0.0962. The first-order valence-corrected chi connectivity index (χ1v) is 9.72. The summed E-state index contributed by atoms with van der Waals surface area (Å²) in [5.41, 5.74) is 1.36. The van der Waals surface area contributed by atoms with Crippen molar-refractivity contribution >= 4 is 34.8 Å². The molecule has 0 saturated heterocycles. The van der Waals surface area contributed by atoms with Gasteiger partial charge in [-0.05, 0) is 62.0 Å². The van der Waals surface area contributed by atoms with Crippen molar-refractivity contribution in [3.63, 3.8) is 0 Å². The van der Waals surface area contributed by atoms with Crippen molar-refractivity contribution in [1.82, 2.24) is 10.6 Å². The van der Waals surface area contributed by atoms with Crippen molar-refractivity contribution in [2.24, 2.45) is 0 Å². The average molecular weight is 412 g/mol. The van der Waals surface area contributed by atoms with Crippen LogP contribution in [0.1, 0.15) is 41.0 Å². The largest absolute Gasteiger partial charge is 0.491 e. The van der Waals surface area contributed by atoms with Crippen LogP contribution in [0.15, 0.2) is 61.2 Å². The number of carbonyl (C=O) groups is 2. The van der Waals surface area contributed by atoms with E-state index in [1.165, 1.54) is 0 Å². The lowest BCUT2D eigenvalue weighted by Gasteiger charge is -2.14. The second-order valence-electron chi connectivity index (χ2n) is 6.31. The summed E-state index contributed by atoms with van der Waals surface area (Å²) in [6.07, 6.45) is 2.60. The van der Waals surface area contributed by atoms with Gasteiger partial charge in [0, 0.05) is 12.1 Å². The van der Waals surface area contributed by atoms with Crippen molar-refractivity contribution in [3.05, 3.63) is 72.3 Å². The lowest BCUT2D eigenvalue weighted by molar-refractivity contribution is 0.0956. The molecule has 0 fully saturated rings. The Morgan fingerprint density at radius 3 is 2.48 bits per heavy atom. The van der Waals surface area contributed by atoms with Crippen LogP contribution in [0.3, 0.4) is 0 Å². The predicted molar refractivity (Wildman–Crippen MR) is 119 cm³/mol. The van der Waals surface area contributed by atoms with E-state index in [1.54, 1.807) is 54.6 Å². The van der Waals surface area contributed by atoms with Gasteiger partial charge < -0.3 is 15.4 Å². The zero-order valence-electron chi connectivity index (χ0n) is 16.5. The highest BCUT2D eigenvalue weighted by Crippen LogP contribution is 2.16. The van der Waals surface area contributed by atoms with Gasteiger partial charge in [-0.25, -0.2) is 0 Å². The minimum atomic E-state index is -0.355. The Morgan fingerprint density at radius 2 is 1.83 bits per heavy atom. The highest BCUT2D eigenvalue weighted by Gasteiger charge is 2.13. The Kier molecular flexibility index (Phi) is 8.36. The maximum Gasteiger partial charge on any atom is 0.257 e. The molecular formula is C22H25N3O3S. The van der Waals surface area contributed by atoms with Crippen molar-refractivity contribution in [1.29, 1.82) is 0 Å². The van der Waals surface area contributed by atoms with Gasteiger partial charge >= 0.3 is 0 Å². The Labute approximate surface area is 176 Å². The van der Waals surface area contributed by atoms with Crippen molar-refractivity contribution in [2.45, 2.75) is 26.4 Å². The Bertz CT molecular complexity index is 881. The number of para-hydroxylation sites is 1. The quantitative estimate of drug-likeness (QED) is 0.453. The zero-order chi connectivity index (χ0) is 21.2. The molecule has 2 amide bonds. The summed E-state index contributed by atoms with van der Waals surface area (Å²) in [7, 11) is 0. The molecular weight excluding hydrogens is 386 g/mol. The fourth-order valence-electron chi connectivity index (χ4n) is 2.38. The van der Waals surface area contributed by atoms with Gasteiger partial charge in [-0.1, -0.05) is 25.1 Å². The van der Waals surface area contributed by atoms with E-state index in [0.29, 0.717) is 29.1 Å². The maximum atomic E-state index is 12.4. The van der Waals surface area contributed by atoms with Crippen LogP contribution in [-0.4, -0.2) is 29.6 Å². The number of nitrogens with one attached hydrogen (secondary N) is 3. The minimum Gasteiger partial charge on any atom is -0.491 e. The van der Waals surface area contributed by atoms with E-state index >= 15 is 0 Å². The van der Waals surface area contributed by atoms with Gasteiger partial charge in [-0.15, -0.1) is 6.58 Å². The summed E-state index contributed by atoms with van der Waals surface area (Å²) in [4.78, 5) is 24.7. The molecule has 6 nitrogen and oxygen atoms in total.